The molecule has 12 heavy (non-hydrogen) atoms. The number of nitro groups is 1. The Hall–Kier alpha value is -0.860. The molecule has 0 aromatic rings. The molecule has 1 aliphatic carbocycles. The maximum atomic E-state index is 10.0. The lowest BCUT2D eigenvalue weighted by molar-refractivity contribution is -0.402. The van der Waals surface area contributed by atoms with E-state index in [0.29, 0.717) is 5.92 Å². The van der Waals surface area contributed by atoms with Crippen LogP contribution in [0.4, 0.5) is 0 Å². The van der Waals surface area contributed by atoms with Crippen LogP contribution in [-0.4, -0.2) is 4.92 Å². The smallest absolute Gasteiger partial charge is 0.230 e. The predicted molar refractivity (Wildman–Crippen MR) is 47.3 cm³/mol. The molecule has 0 spiro atoms. The minimum atomic E-state index is -0.370. The summed E-state index contributed by atoms with van der Waals surface area (Å²) in [5.41, 5.74) is 0. The second kappa shape index (κ2) is 4.91. The third kappa shape index (κ3) is 3.51. The molecule has 0 aromatic carbocycles. The first kappa shape index (κ1) is 9.23. The zero-order valence-corrected chi connectivity index (χ0v) is 7.24. The van der Waals surface area contributed by atoms with Crippen LogP contribution in [0, 0.1) is 16.0 Å². The van der Waals surface area contributed by atoms with E-state index in [2.05, 4.69) is 0 Å². The van der Waals surface area contributed by atoms with Crippen molar-refractivity contribution in [3.8, 4) is 0 Å². The van der Waals surface area contributed by atoms with E-state index in [9.17, 15) is 10.1 Å². The Morgan fingerprint density at radius 1 is 1.17 bits per heavy atom. The van der Waals surface area contributed by atoms with Crippen LogP contribution in [0.2, 0.25) is 0 Å². The fourth-order valence-corrected chi connectivity index (χ4v) is 1.70. The zero-order chi connectivity index (χ0) is 8.81. The number of allylic oxidation sites excluding steroid dienone is 1. The Balaban J connectivity index is 2.34. The summed E-state index contributed by atoms with van der Waals surface area (Å²) < 4.78 is 0. The quantitative estimate of drug-likeness (QED) is 0.362. The lowest BCUT2D eigenvalue weighted by Crippen LogP contribution is -1.95. The minimum Gasteiger partial charge on any atom is -0.259 e. The van der Waals surface area contributed by atoms with Gasteiger partial charge in [0.2, 0.25) is 6.20 Å². The van der Waals surface area contributed by atoms with E-state index in [1.54, 1.807) is 6.08 Å². The molecule has 1 saturated carbocycles. The molecule has 0 heterocycles. The van der Waals surface area contributed by atoms with Crippen molar-refractivity contribution >= 4 is 0 Å². The number of hydrogen-bond acceptors (Lipinski definition) is 2. The van der Waals surface area contributed by atoms with Crippen molar-refractivity contribution in [3.05, 3.63) is 22.4 Å². The van der Waals surface area contributed by atoms with Crippen molar-refractivity contribution in [2.75, 3.05) is 0 Å². The Bertz CT molecular complexity index is 169. The summed E-state index contributed by atoms with van der Waals surface area (Å²) in [6.07, 6.45) is 10.2. The summed E-state index contributed by atoms with van der Waals surface area (Å²) in [5.74, 6) is 0.456. The van der Waals surface area contributed by atoms with Gasteiger partial charge in [-0.15, -0.1) is 0 Å². The summed E-state index contributed by atoms with van der Waals surface area (Å²) in [4.78, 5) is 9.68. The minimum absolute atomic E-state index is 0.370. The molecular weight excluding hydrogens is 154 g/mol. The molecule has 0 saturated heterocycles. The van der Waals surface area contributed by atoms with E-state index < -0.39 is 0 Å². The van der Waals surface area contributed by atoms with E-state index in [1.165, 1.54) is 25.7 Å². The molecular formula is C9H15NO2. The maximum Gasteiger partial charge on any atom is 0.230 e. The van der Waals surface area contributed by atoms with Gasteiger partial charge in [-0.2, -0.15) is 0 Å². The fraction of sp³-hybridized carbons (Fsp3) is 0.778. The summed E-state index contributed by atoms with van der Waals surface area (Å²) in [5, 5.41) is 10.0. The van der Waals surface area contributed by atoms with Crippen LogP contribution in [0.25, 0.3) is 0 Å². The van der Waals surface area contributed by atoms with E-state index in [0.717, 1.165) is 19.0 Å². The van der Waals surface area contributed by atoms with Crippen molar-refractivity contribution in [3.63, 3.8) is 0 Å². The number of nitrogens with zero attached hydrogens (tertiary/aromatic N) is 1. The van der Waals surface area contributed by atoms with Crippen molar-refractivity contribution in [2.24, 2.45) is 5.92 Å². The van der Waals surface area contributed by atoms with E-state index in [1.807, 2.05) is 0 Å². The van der Waals surface area contributed by atoms with Crippen molar-refractivity contribution in [2.45, 2.75) is 38.5 Å². The highest BCUT2D eigenvalue weighted by Gasteiger charge is 2.09. The van der Waals surface area contributed by atoms with E-state index in [-0.39, 0.29) is 4.92 Å². The van der Waals surface area contributed by atoms with Gasteiger partial charge in [-0.25, -0.2) is 0 Å². The van der Waals surface area contributed by atoms with Gasteiger partial charge >= 0.3 is 0 Å². The lowest BCUT2D eigenvalue weighted by atomic mass is 10.0. The molecule has 3 nitrogen and oxygen atoms in total. The van der Waals surface area contributed by atoms with E-state index >= 15 is 0 Å². The molecule has 0 unspecified atom stereocenters. The van der Waals surface area contributed by atoms with Crippen LogP contribution in [0.3, 0.4) is 0 Å². The third-order valence-corrected chi connectivity index (χ3v) is 2.38. The molecule has 0 bridgehead atoms. The van der Waals surface area contributed by atoms with Crippen molar-refractivity contribution < 1.29 is 4.92 Å². The molecule has 1 aliphatic rings. The topological polar surface area (TPSA) is 43.1 Å². The van der Waals surface area contributed by atoms with Gasteiger partial charge in [0.15, 0.2) is 0 Å². The monoisotopic (exact) mass is 169 g/mol. The summed E-state index contributed by atoms with van der Waals surface area (Å²) in [7, 11) is 0. The van der Waals surface area contributed by atoms with Gasteiger partial charge in [-0.3, -0.25) is 10.1 Å². The van der Waals surface area contributed by atoms with Gasteiger partial charge in [0, 0.05) is 0 Å². The third-order valence-electron chi connectivity index (χ3n) is 2.38. The van der Waals surface area contributed by atoms with Crippen LogP contribution < -0.4 is 0 Å². The second-order valence-electron chi connectivity index (χ2n) is 3.38. The van der Waals surface area contributed by atoms with Crippen LogP contribution in [0.1, 0.15) is 38.5 Å². The van der Waals surface area contributed by atoms with Gasteiger partial charge in [0.05, 0.1) is 4.92 Å². The first-order valence-corrected chi connectivity index (χ1v) is 4.61. The molecule has 68 valence electrons. The zero-order valence-electron chi connectivity index (χ0n) is 7.24. The molecule has 0 aromatic heterocycles. The molecule has 0 atom stereocenters. The molecule has 3 heteroatoms. The first-order chi connectivity index (χ1) is 5.79. The predicted octanol–water partition coefficient (Wildman–Crippen LogP) is 2.75. The Morgan fingerprint density at radius 2 is 1.75 bits per heavy atom. The van der Waals surface area contributed by atoms with Crippen LogP contribution >= 0.6 is 0 Å². The summed E-state index contributed by atoms with van der Waals surface area (Å²) >= 11 is 0. The second-order valence-corrected chi connectivity index (χ2v) is 3.38. The number of hydrogen-bond donors (Lipinski definition) is 0. The maximum absolute atomic E-state index is 10.0. The molecule has 0 radical (unpaired) electrons. The largest absolute Gasteiger partial charge is 0.259 e. The highest BCUT2D eigenvalue weighted by molar-refractivity contribution is 4.83. The molecule has 0 aliphatic heterocycles. The van der Waals surface area contributed by atoms with Crippen molar-refractivity contribution in [1.82, 2.24) is 0 Å². The fourth-order valence-electron chi connectivity index (χ4n) is 1.70. The van der Waals surface area contributed by atoms with Gasteiger partial charge in [0.1, 0.15) is 0 Å². The van der Waals surface area contributed by atoms with Gasteiger partial charge in [-0.05, 0) is 24.8 Å². The average Bonchev–Trinajstić information content (AvgIpc) is 2.28. The molecule has 0 N–H and O–H groups in total. The lowest BCUT2D eigenvalue weighted by Gasteiger charge is -2.04. The van der Waals surface area contributed by atoms with Gasteiger partial charge in [-0.1, -0.05) is 25.7 Å². The highest BCUT2D eigenvalue weighted by Crippen LogP contribution is 2.23. The highest BCUT2D eigenvalue weighted by atomic mass is 16.6. The molecule has 0 amide bonds. The normalized spacial score (nSPS) is 21.0. The standard InChI is InChI=1S/C9H15NO2/c11-10(12)8-7-9-5-3-1-2-4-6-9/h7-9H,1-6H2/b8-7+. The summed E-state index contributed by atoms with van der Waals surface area (Å²) in [6.45, 7) is 0. The first-order valence-electron chi connectivity index (χ1n) is 4.61. The van der Waals surface area contributed by atoms with Crippen molar-refractivity contribution in [1.29, 1.82) is 0 Å². The van der Waals surface area contributed by atoms with E-state index in [4.69, 9.17) is 0 Å². The van der Waals surface area contributed by atoms with Crippen LogP contribution in [0.15, 0.2) is 12.3 Å². The van der Waals surface area contributed by atoms with Gasteiger partial charge in [0.25, 0.3) is 0 Å². The molecule has 1 rings (SSSR count). The summed E-state index contributed by atoms with van der Waals surface area (Å²) in [6, 6.07) is 0. The molecule has 1 fully saturated rings. The van der Waals surface area contributed by atoms with Crippen LogP contribution in [-0.2, 0) is 0 Å². The SMILES string of the molecule is O=[N+]([O-])/C=C/C1CCCCCC1. The Labute approximate surface area is 72.6 Å². The Morgan fingerprint density at radius 3 is 2.25 bits per heavy atom. The Kier molecular flexibility index (Phi) is 3.77. The average molecular weight is 169 g/mol. The van der Waals surface area contributed by atoms with Gasteiger partial charge < -0.3 is 0 Å². The number of rotatable bonds is 2. The van der Waals surface area contributed by atoms with Crippen LogP contribution in [0.5, 0.6) is 0 Å².